The van der Waals surface area contributed by atoms with E-state index in [1.807, 2.05) is 4.90 Å². The first kappa shape index (κ1) is 18.0. The number of benzene rings is 1. The Kier molecular flexibility index (Phi) is 6.15. The molecule has 25 heavy (non-hydrogen) atoms. The molecule has 0 radical (unpaired) electrons. The van der Waals surface area contributed by atoms with Crippen LogP contribution in [0.2, 0.25) is 5.02 Å². The van der Waals surface area contributed by atoms with Crippen LogP contribution in [-0.2, 0) is 14.3 Å². The van der Waals surface area contributed by atoms with Gasteiger partial charge in [0.15, 0.2) is 6.61 Å². The van der Waals surface area contributed by atoms with E-state index in [4.69, 9.17) is 21.1 Å². The standard InChI is InChI=1S/C18H23ClN2O4/c19-14-4-6-15(7-5-14)25-13-17(22)20-8-2-9-21(11-10-20)18(23)16-3-1-12-24-16/h4-7,16H,1-3,8-13H2. The van der Waals surface area contributed by atoms with Gasteiger partial charge in [-0.1, -0.05) is 11.6 Å². The Balaban J connectivity index is 1.47. The highest BCUT2D eigenvalue weighted by Gasteiger charge is 2.30. The third kappa shape index (κ3) is 4.86. The van der Waals surface area contributed by atoms with E-state index in [9.17, 15) is 9.59 Å². The summed E-state index contributed by atoms with van der Waals surface area (Å²) in [5.74, 6) is 0.605. The van der Waals surface area contributed by atoms with Gasteiger partial charge in [-0.25, -0.2) is 0 Å². The van der Waals surface area contributed by atoms with E-state index in [1.165, 1.54) is 0 Å². The lowest BCUT2D eigenvalue weighted by molar-refractivity contribution is -0.141. The Morgan fingerprint density at radius 3 is 2.52 bits per heavy atom. The molecule has 0 bridgehead atoms. The molecule has 6 nitrogen and oxygen atoms in total. The van der Waals surface area contributed by atoms with Crippen LogP contribution in [0.25, 0.3) is 0 Å². The fraction of sp³-hybridized carbons (Fsp3) is 0.556. The summed E-state index contributed by atoms with van der Waals surface area (Å²) < 4.78 is 11.0. The second-order valence-electron chi connectivity index (χ2n) is 6.30. The Morgan fingerprint density at radius 2 is 1.80 bits per heavy atom. The minimum Gasteiger partial charge on any atom is -0.484 e. The smallest absolute Gasteiger partial charge is 0.260 e. The van der Waals surface area contributed by atoms with Crippen molar-refractivity contribution in [3.63, 3.8) is 0 Å². The second-order valence-corrected chi connectivity index (χ2v) is 6.74. The largest absolute Gasteiger partial charge is 0.484 e. The Morgan fingerprint density at radius 1 is 1.08 bits per heavy atom. The van der Waals surface area contributed by atoms with Crippen molar-refractivity contribution in [1.82, 2.24) is 9.80 Å². The predicted octanol–water partition coefficient (Wildman–Crippen LogP) is 1.96. The number of halogens is 1. The molecular weight excluding hydrogens is 344 g/mol. The van der Waals surface area contributed by atoms with E-state index < -0.39 is 0 Å². The summed E-state index contributed by atoms with van der Waals surface area (Å²) in [6, 6.07) is 6.92. The summed E-state index contributed by atoms with van der Waals surface area (Å²) in [5.41, 5.74) is 0. The van der Waals surface area contributed by atoms with Crippen LogP contribution >= 0.6 is 11.6 Å². The summed E-state index contributed by atoms with van der Waals surface area (Å²) in [7, 11) is 0. The molecule has 1 aromatic rings. The molecule has 3 rings (SSSR count). The van der Waals surface area contributed by atoms with Gasteiger partial charge < -0.3 is 19.3 Å². The SMILES string of the molecule is O=C(COc1ccc(Cl)cc1)N1CCCN(C(=O)C2CCCO2)CC1. The van der Waals surface area contributed by atoms with Crippen molar-refractivity contribution in [1.29, 1.82) is 0 Å². The first-order valence-corrected chi connectivity index (χ1v) is 9.08. The molecular formula is C18H23ClN2O4. The average Bonchev–Trinajstić information content (AvgIpc) is 3.05. The number of hydrogen-bond donors (Lipinski definition) is 0. The molecule has 2 aliphatic heterocycles. The van der Waals surface area contributed by atoms with Gasteiger partial charge in [-0.05, 0) is 43.5 Å². The lowest BCUT2D eigenvalue weighted by Crippen LogP contribution is -2.42. The molecule has 7 heteroatoms. The lowest BCUT2D eigenvalue weighted by Gasteiger charge is -2.24. The Labute approximate surface area is 152 Å². The zero-order chi connectivity index (χ0) is 17.6. The van der Waals surface area contributed by atoms with E-state index in [2.05, 4.69) is 0 Å². The van der Waals surface area contributed by atoms with Gasteiger partial charge in [-0.3, -0.25) is 9.59 Å². The van der Waals surface area contributed by atoms with Gasteiger partial charge in [0, 0.05) is 37.8 Å². The second kappa shape index (κ2) is 8.54. The van der Waals surface area contributed by atoms with E-state index in [-0.39, 0.29) is 24.5 Å². The van der Waals surface area contributed by atoms with Crippen molar-refractivity contribution >= 4 is 23.4 Å². The molecule has 0 aliphatic carbocycles. The highest BCUT2D eigenvalue weighted by Crippen LogP contribution is 2.17. The highest BCUT2D eigenvalue weighted by molar-refractivity contribution is 6.30. The molecule has 136 valence electrons. The Hall–Kier alpha value is -1.79. The molecule has 0 saturated carbocycles. The molecule has 2 saturated heterocycles. The van der Waals surface area contributed by atoms with Crippen LogP contribution in [0.15, 0.2) is 24.3 Å². The maximum absolute atomic E-state index is 12.4. The van der Waals surface area contributed by atoms with Crippen molar-refractivity contribution in [2.24, 2.45) is 0 Å². The molecule has 1 aromatic carbocycles. The summed E-state index contributed by atoms with van der Waals surface area (Å²) in [6.45, 7) is 3.03. The zero-order valence-electron chi connectivity index (χ0n) is 14.2. The van der Waals surface area contributed by atoms with Crippen LogP contribution in [0.3, 0.4) is 0 Å². The van der Waals surface area contributed by atoms with Crippen LogP contribution < -0.4 is 4.74 Å². The van der Waals surface area contributed by atoms with Gasteiger partial charge in [0.05, 0.1) is 0 Å². The van der Waals surface area contributed by atoms with E-state index >= 15 is 0 Å². The molecule has 2 amide bonds. The fourth-order valence-electron chi connectivity index (χ4n) is 3.13. The maximum Gasteiger partial charge on any atom is 0.260 e. The lowest BCUT2D eigenvalue weighted by atomic mass is 10.2. The van der Waals surface area contributed by atoms with Crippen LogP contribution in [0, 0.1) is 0 Å². The minimum atomic E-state index is -0.296. The van der Waals surface area contributed by atoms with Crippen molar-refractivity contribution in [3.8, 4) is 5.75 Å². The summed E-state index contributed by atoms with van der Waals surface area (Å²) in [5, 5.41) is 0.627. The number of nitrogens with zero attached hydrogens (tertiary/aromatic N) is 2. The van der Waals surface area contributed by atoms with Gasteiger partial charge >= 0.3 is 0 Å². The van der Waals surface area contributed by atoms with Crippen LogP contribution in [0.5, 0.6) is 5.75 Å². The third-order valence-electron chi connectivity index (χ3n) is 4.54. The molecule has 1 atom stereocenters. The minimum absolute atomic E-state index is 0.0126. The topological polar surface area (TPSA) is 59.1 Å². The van der Waals surface area contributed by atoms with Gasteiger partial charge in [0.25, 0.3) is 11.8 Å². The number of hydrogen-bond acceptors (Lipinski definition) is 4. The molecule has 2 heterocycles. The zero-order valence-corrected chi connectivity index (χ0v) is 14.9. The van der Waals surface area contributed by atoms with E-state index in [0.29, 0.717) is 43.6 Å². The summed E-state index contributed by atoms with van der Waals surface area (Å²) >= 11 is 5.83. The normalized spacial score (nSPS) is 21.1. The number of carbonyl (C=O) groups is 2. The molecule has 2 aliphatic rings. The van der Waals surface area contributed by atoms with E-state index in [0.717, 1.165) is 19.3 Å². The maximum atomic E-state index is 12.4. The molecule has 1 unspecified atom stereocenters. The monoisotopic (exact) mass is 366 g/mol. The Bertz CT molecular complexity index is 602. The van der Waals surface area contributed by atoms with Crippen molar-refractivity contribution in [3.05, 3.63) is 29.3 Å². The number of carbonyl (C=O) groups excluding carboxylic acids is 2. The third-order valence-corrected chi connectivity index (χ3v) is 4.79. The van der Waals surface area contributed by atoms with Crippen LogP contribution in [0.4, 0.5) is 0 Å². The van der Waals surface area contributed by atoms with Crippen LogP contribution in [0.1, 0.15) is 19.3 Å². The fourth-order valence-corrected chi connectivity index (χ4v) is 3.26. The first-order chi connectivity index (χ1) is 12.1. The number of ether oxygens (including phenoxy) is 2. The predicted molar refractivity (Wildman–Crippen MR) is 93.7 cm³/mol. The molecule has 0 N–H and O–H groups in total. The van der Waals surface area contributed by atoms with Crippen molar-refractivity contribution in [2.75, 3.05) is 39.4 Å². The van der Waals surface area contributed by atoms with Gasteiger partial charge in [0.1, 0.15) is 11.9 Å². The first-order valence-electron chi connectivity index (χ1n) is 8.70. The highest BCUT2D eigenvalue weighted by atomic mass is 35.5. The van der Waals surface area contributed by atoms with Crippen LogP contribution in [-0.4, -0.2) is 67.1 Å². The molecule has 0 aromatic heterocycles. The van der Waals surface area contributed by atoms with Gasteiger partial charge in [-0.2, -0.15) is 0 Å². The average molecular weight is 367 g/mol. The van der Waals surface area contributed by atoms with E-state index in [1.54, 1.807) is 29.2 Å². The number of amides is 2. The number of rotatable bonds is 4. The summed E-state index contributed by atoms with van der Waals surface area (Å²) in [4.78, 5) is 28.4. The van der Waals surface area contributed by atoms with Crippen molar-refractivity contribution < 1.29 is 19.1 Å². The molecule has 0 spiro atoms. The van der Waals surface area contributed by atoms with Gasteiger partial charge in [-0.15, -0.1) is 0 Å². The van der Waals surface area contributed by atoms with Gasteiger partial charge in [0.2, 0.25) is 0 Å². The molecule has 2 fully saturated rings. The van der Waals surface area contributed by atoms with Crippen molar-refractivity contribution in [2.45, 2.75) is 25.4 Å². The summed E-state index contributed by atoms with van der Waals surface area (Å²) in [6.07, 6.45) is 2.21. The quantitative estimate of drug-likeness (QED) is 0.817.